The van der Waals surface area contributed by atoms with Gasteiger partial charge in [0.25, 0.3) is 0 Å². The maximum absolute atomic E-state index is 12.1. The molecule has 3 nitrogen and oxygen atoms in total. The summed E-state index contributed by atoms with van der Waals surface area (Å²) in [7, 11) is -4.28. The second kappa shape index (κ2) is 2.72. The van der Waals surface area contributed by atoms with Crippen molar-refractivity contribution < 1.29 is 13.3 Å². The van der Waals surface area contributed by atoms with Gasteiger partial charge in [-0.05, 0) is 18.9 Å². The Kier molecular flexibility index (Phi) is 2.11. The third-order valence-corrected chi connectivity index (χ3v) is 1.72. The van der Waals surface area contributed by atoms with Gasteiger partial charge in [0.2, 0.25) is 0 Å². The van der Waals surface area contributed by atoms with Crippen molar-refractivity contribution in [1.82, 2.24) is 0 Å². The van der Waals surface area contributed by atoms with Crippen LogP contribution in [0.1, 0.15) is 19.3 Å². The van der Waals surface area contributed by atoms with Gasteiger partial charge in [0.1, 0.15) is 5.76 Å². The molecule has 1 aliphatic carbocycles. The molecule has 1 atom stereocenters. The average Bonchev–Trinajstić information content (AvgIpc) is 2.12. The van der Waals surface area contributed by atoms with Crippen molar-refractivity contribution in [2.24, 2.45) is 5.50 Å². The minimum Gasteiger partial charge on any atom is -0.415 e. The van der Waals surface area contributed by atoms with Crippen molar-refractivity contribution in [2.75, 3.05) is 0 Å². The van der Waals surface area contributed by atoms with Gasteiger partial charge in [-0.3, -0.25) is 0 Å². The quantitative estimate of drug-likeness (QED) is 0.637. The van der Waals surface area contributed by atoms with Crippen LogP contribution in [0, 0.1) is 0 Å². The van der Waals surface area contributed by atoms with E-state index < -0.39 is 7.83 Å². The minimum absolute atomic E-state index is 0.424. The first-order chi connectivity index (χ1) is 4.58. The third kappa shape index (κ3) is 2.50. The monoisotopic (exact) mass is 165 g/mol. The van der Waals surface area contributed by atoms with Gasteiger partial charge in [-0.1, -0.05) is 0 Å². The summed E-state index contributed by atoms with van der Waals surface area (Å²) in [4.78, 5) is 0. The molecular weight excluding hydrogens is 156 g/mol. The van der Waals surface area contributed by atoms with Gasteiger partial charge in [0.05, 0.1) is 0 Å². The zero-order chi connectivity index (χ0) is 7.61. The van der Waals surface area contributed by atoms with Gasteiger partial charge >= 0.3 is 7.83 Å². The van der Waals surface area contributed by atoms with Crippen molar-refractivity contribution in [3.63, 3.8) is 0 Å². The number of hydrogen-bond donors (Lipinski definition) is 1. The lowest BCUT2D eigenvalue weighted by atomic mass is 10.4. The smallest absolute Gasteiger partial charge is 0.415 e. The summed E-state index contributed by atoms with van der Waals surface area (Å²) < 4.78 is 26.7. The predicted octanol–water partition coefficient (Wildman–Crippen LogP) is 2.11. The van der Waals surface area contributed by atoms with E-state index in [4.69, 9.17) is 0 Å². The van der Waals surface area contributed by atoms with E-state index in [1.807, 2.05) is 0 Å². The first-order valence-electron chi connectivity index (χ1n) is 3.05. The van der Waals surface area contributed by atoms with Crippen LogP contribution in [0.15, 0.2) is 11.8 Å². The Hall–Kier alpha value is -0.340. The minimum atomic E-state index is -4.28. The van der Waals surface area contributed by atoms with Gasteiger partial charge in [0, 0.05) is 6.42 Å². The first-order valence-corrected chi connectivity index (χ1v) is 4.63. The van der Waals surface area contributed by atoms with Crippen LogP contribution in [-0.2, 0) is 9.09 Å². The molecular formula is C5H9FNO2P. The van der Waals surface area contributed by atoms with Gasteiger partial charge in [0.15, 0.2) is 0 Å². The molecule has 1 unspecified atom stereocenters. The van der Waals surface area contributed by atoms with Crippen LogP contribution in [0.25, 0.3) is 0 Å². The fraction of sp³-hybridized carbons (Fsp3) is 0.600. The van der Waals surface area contributed by atoms with Crippen LogP contribution in [0.4, 0.5) is 4.20 Å². The molecule has 0 aromatic carbocycles. The Balaban J connectivity index is 2.46. The number of halogens is 1. The van der Waals surface area contributed by atoms with E-state index in [0.29, 0.717) is 12.2 Å². The maximum Gasteiger partial charge on any atom is 0.493 e. The Morgan fingerprint density at radius 1 is 1.80 bits per heavy atom. The fourth-order valence-electron chi connectivity index (χ4n) is 0.884. The molecule has 58 valence electrons. The normalized spacial score (nSPS) is 23.6. The molecule has 2 N–H and O–H groups in total. The second-order valence-electron chi connectivity index (χ2n) is 2.17. The molecule has 0 fully saturated rings. The van der Waals surface area contributed by atoms with Crippen LogP contribution >= 0.6 is 7.83 Å². The van der Waals surface area contributed by atoms with E-state index in [-0.39, 0.29) is 0 Å². The van der Waals surface area contributed by atoms with Gasteiger partial charge < -0.3 is 4.52 Å². The number of hydrogen-bond acceptors (Lipinski definition) is 2. The summed E-state index contributed by atoms with van der Waals surface area (Å²) in [5.74, 6) is 0.424. The largest absolute Gasteiger partial charge is 0.493 e. The average molecular weight is 165 g/mol. The molecule has 5 heteroatoms. The molecule has 0 saturated carbocycles. The molecule has 0 aliphatic heterocycles. The Labute approximate surface area is 58.7 Å². The fourth-order valence-corrected chi connectivity index (χ4v) is 1.37. The highest BCUT2D eigenvalue weighted by Crippen LogP contribution is 2.43. The van der Waals surface area contributed by atoms with Gasteiger partial charge in [-0.25, -0.2) is 10.1 Å². The van der Waals surface area contributed by atoms with Gasteiger partial charge in [-0.15, -0.1) is 4.20 Å². The van der Waals surface area contributed by atoms with E-state index in [0.717, 1.165) is 12.8 Å². The van der Waals surface area contributed by atoms with Crippen molar-refractivity contribution >= 4 is 7.83 Å². The number of allylic oxidation sites excluding steroid dienone is 2. The highest BCUT2D eigenvalue weighted by atomic mass is 31.2. The standard InChI is InChI=1S/C5H9FNO2P/c6-10(7,8)9-5-3-1-2-4-5/h3H,1-2,4H2,(H2,7,8). The highest BCUT2D eigenvalue weighted by molar-refractivity contribution is 7.50. The molecule has 0 saturated heterocycles. The molecule has 0 aromatic heterocycles. The van der Waals surface area contributed by atoms with E-state index >= 15 is 0 Å². The highest BCUT2D eigenvalue weighted by Gasteiger charge is 2.19. The third-order valence-electron chi connectivity index (χ3n) is 1.24. The first kappa shape index (κ1) is 7.76. The number of rotatable bonds is 2. The van der Waals surface area contributed by atoms with E-state index in [1.165, 1.54) is 0 Å². The molecule has 0 heterocycles. The summed E-state index contributed by atoms with van der Waals surface area (Å²) in [6.07, 6.45) is 4.13. The van der Waals surface area contributed by atoms with Gasteiger partial charge in [-0.2, -0.15) is 0 Å². The summed E-state index contributed by atoms with van der Waals surface area (Å²) >= 11 is 0. The zero-order valence-corrected chi connectivity index (χ0v) is 6.31. The molecule has 1 aliphatic rings. The predicted molar refractivity (Wildman–Crippen MR) is 35.9 cm³/mol. The molecule has 0 amide bonds. The Morgan fingerprint density at radius 3 is 2.90 bits per heavy atom. The molecule has 1 rings (SSSR count). The Bertz CT molecular complexity index is 198. The van der Waals surface area contributed by atoms with Crippen molar-refractivity contribution in [3.8, 4) is 0 Å². The lowest BCUT2D eigenvalue weighted by Gasteiger charge is -2.05. The summed E-state index contributed by atoms with van der Waals surface area (Å²) in [6, 6.07) is 0. The molecule has 0 spiro atoms. The zero-order valence-electron chi connectivity index (χ0n) is 5.42. The van der Waals surface area contributed by atoms with Crippen molar-refractivity contribution in [1.29, 1.82) is 0 Å². The molecule has 0 bridgehead atoms. The topological polar surface area (TPSA) is 52.3 Å². The Morgan fingerprint density at radius 2 is 2.50 bits per heavy atom. The van der Waals surface area contributed by atoms with Crippen LogP contribution in [0.3, 0.4) is 0 Å². The number of nitrogens with two attached hydrogens (primary N) is 1. The lowest BCUT2D eigenvalue weighted by Crippen LogP contribution is -1.92. The van der Waals surface area contributed by atoms with E-state index in [9.17, 15) is 8.76 Å². The maximum atomic E-state index is 12.1. The second-order valence-corrected chi connectivity index (χ2v) is 3.40. The SMILES string of the molecule is NP(=O)(F)OC1=CCCC1. The van der Waals surface area contributed by atoms with Crippen LogP contribution in [0.5, 0.6) is 0 Å². The van der Waals surface area contributed by atoms with Crippen molar-refractivity contribution in [3.05, 3.63) is 11.8 Å². The van der Waals surface area contributed by atoms with Crippen molar-refractivity contribution in [2.45, 2.75) is 19.3 Å². The molecule has 10 heavy (non-hydrogen) atoms. The lowest BCUT2D eigenvalue weighted by molar-refractivity contribution is 0.358. The molecule has 0 radical (unpaired) electrons. The summed E-state index contributed by atoms with van der Waals surface area (Å²) in [5.41, 5.74) is 4.54. The van der Waals surface area contributed by atoms with Crippen LogP contribution in [-0.4, -0.2) is 0 Å². The van der Waals surface area contributed by atoms with Crippen LogP contribution < -0.4 is 5.50 Å². The van der Waals surface area contributed by atoms with E-state index in [2.05, 4.69) is 10.0 Å². The van der Waals surface area contributed by atoms with Crippen LogP contribution in [0.2, 0.25) is 0 Å². The summed E-state index contributed by atoms with van der Waals surface area (Å²) in [6.45, 7) is 0. The molecule has 0 aromatic rings. The summed E-state index contributed by atoms with van der Waals surface area (Å²) in [5, 5.41) is 0. The van der Waals surface area contributed by atoms with E-state index in [1.54, 1.807) is 6.08 Å².